The Kier molecular flexibility index (Phi) is 5.13. The molecule has 0 aliphatic carbocycles. The average molecular weight is 487 g/mol. The van der Waals surface area contributed by atoms with E-state index in [2.05, 4.69) is 14.8 Å². The number of halogens is 1. The van der Waals surface area contributed by atoms with Crippen LogP contribution in [0.2, 0.25) is 5.15 Å². The van der Waals surface area contributed by atoms with E-state index < -0.39 is 16.1 Å². The van der Waals surface area contributed by atoms with E-state index in [9.17, 15) is 13.2 Å². The fraction of sp³-hybridized carbons (Fsp3) is 0.227. The summed E-state index contributed by atoms with van der Waals surface area (Å²) in [5.74, 6) is 0.986. The van der Waals surface area contributed by atoms with Gasteiger partial charge in [-0.1, -0.05) is 23.7 Å². The second-order valence-corrected chi connectivity index (χ2v) is 9.96. The van der Waals surface area contributed by atoms with Gasteiger partial charge >= 0.3 is 0 Å². The molecule has 1 amide bonds. The van der Waals surface area contributed by atoms with E-state index in [0.29, 0.717) is 46.0 Å². The normalized spacial score (nSPS) is 17.4. The molecule has 9 nitrogen and oxygen atoms in total. The Morgan fingerprint density at radius 2 is 1.94 bits per heavy atom. The largest absolute Gasteiger partial charge is 0.454 e. The SMILES string of the molecule is CC(=O)N1N=C(c2cccc(NS(C)(=O)=O)c2)C[C@@H]1c1cc2cc3c(cc2nc1Cl)OCO3. The Bertz CT molecular complexity index is 1440. The molecule has 3 heterocycles. The average Bonchev–Trinajstić information content (AvgIpc) is 3.37. The number of rotatable bonds is 4. The van der Waals surface area contributed by atoms with E-state index >= 15 is 0 Å². The molecule has 3 aromatic rings. The van der Waals surface area contributed by atoms with Gasteiger partial charge in [0.05, 0.1) is 23.5 Å². The van der Waals surface area contributed by atoms with Crippen LogP contribution in [0.5, 0.6) is 11.5 Å². The summed E-state index contributed by atoms with van der Waals surface area (Å²) in [6, 6.07) is 11.9. The van der Waals surface area contributed by atoms with Gasteiger partial charge in [0.15, 0.2) is 11.5 Å². The first-order valence-corrected chi connectivity index (χ1v) is 12.3. The number of aromatic nitrogens is 1. The second kappa shape index (κ2) is 7.89. The highest BCUT2D eigenvalue weighted by Gasteiger charge is 2.33. The third-order valence-electron chi connectivity index (χ3n) is 5.38. The summed E-state index contributed by atoms with van der Waals surface area (Å²) < 4.78 is 36.5. The number of ether oxygens (including phenoxy) is 2. The number of hydrogen-bond acceptors (Lipinski definition) is 7. The highest BCUT2D eigenvalue weighted by molar-refractivity contribution is 7.92. The zero-order valence-corrected chi connectivity index (χ0v) is 19.3. The molecule has 1 atom stereocenters. The molecule has 170 valence electrons. The zero-order valence-electron chi connectivity index (χ0n) is 17.7. The van der Waals surface area contributed by atoms with Crippen molar-refractivity contribution in [3.05, 3.63) is 58.7 Å². The molecule has 0 saturated heterocycles. The minimum absolute atomic E-state index is 0.150. The molecular formula is C22H19ClN4O5S. The topological polar surface area (TPSA) is 110 Å². The number of hydrogen-bond donors (Lipinski definition) is 1. The van der Waals surface area contributed by atoms with Crippen molar-refractivity contribution >= 4 is 49.8 Å². The fourth-order valence-electron chi connectivity index (χ4n) is 3.98. The highest BCUT2D eigenvalue weighted by atomic mass is 35.5. The number of hydrazone groups is 1. The number of fused-ring (bicyclic) bond motifs is 2. The van der Waals surface area contributed by atoms with Crippen LogP contribution in [0.1, 0.15) is 30.5 Å². The first kappa shape index (κ1) is 21.5. The summed E-state index contributed by atoms with van der Waals surface area (Å²) in [6.07, 6.45) is 1.47. The number of carbonyl (C=O) groups excluding carboxylic acids is 1. The number of pyridine rings is 1. The van der Waals surface area contributed by atoms with Gasteiger partial charge in [-0.3, -0.25) is 9.52 Å². The predicted octanol–water partition coefficient (Wildman–Crippen LogP) is 3.69. The Morgan fingerprint density at radius 3 is 2.67 bits per heavy atom. The van der Waals surface area contributed by atoms with Crippen molar-refractivity contribution in [1.29, 1.82) is 0 Å². The molecule has 2 aromatic carbocycles. The van der Waals surface area contributed by atoms with E-state index in [0.717, 1.165) is 11.6 Å². The van der Waals surface area contributed by atoms with Crippen LogP contribution in [0.4, 0.5) is 5.69 Å². The maximum atomic E-state index is 12.4. The van der Waals surface area contributed by atoms with Gasteiger partial charge in [-0.25, -0.2) is 18.4 Å². The Morgan fingerprint density at radius 1 is 1.18 bits per heavy atom. The van der Waals surface area contributed by atoms with Crippen LogP contribution in [0.3, 0.4) is 0 Å². The fourth-order valence-corrected chi connectivity index (χ4v) is 4.81. The minimum atomic E-state index is -3.43. The first-order chi connectivity index (χ1) is 15.7. The van der Waals surface area contributed by atoms with E-state index in [1.54, 1.807) is 24.3 Å². The van der Waals surface area contributed by atoms with Crippen LogP contribution < -0.4 is 14.2 Å². The summed E-state index contributed by atoms with van der Waals surface area (Å²) >= 11 is 6.55. The first-order valence-electron chi connectivity index (χ1n) is 10.0. The monoisotopic (exact) mass is 486 g/mol. The molecule has 0 spiro atoms. The number of nitrogens with zero attached hydrogens (tertiary/aromatic N) is 3. The van der Waals surface area contributed by atoms with Crippen molar-refractivity contribution < 1.29 is 22.7 Å². The maximum absolute atomic E-state index is 12.4. The molecule has 2 aliphatic heterocycles. The van der Waals surface area contributed by atoms with Crippen LogP contribution in [0.15, 0.2) is 47.6 Å². The maximum Gasteiger partial charge on any atom is 0.240 e. The van der Waals surface area contributed by atoms with E-state index in [4.69, 9.17) is 21.1 Å². The van der Waals surface area contributed by atoms with Crippen molar-refractivity contribution in [3.63, 3.8) is 0 Å². The molecule has 11 heteroatoms. The summed E-state index contributed by atoms with van der Waals surface area (Å²) in [7, 11) is -3.43. The van der Waals surface area contributed by atoms with Gasteiger partial charge in [-0.2, -0.15) is 5.10 Å². The molecule has 0 bridgehead atoms. The van der Waals surface area contributed by atoms with Crippen LogP contribution in [0, 0.1) is 0 Å². The molecule has 0 fully saturated rings. The Hall–Kier alpha value is -3.37. The number of nitrogens with one attached hydrogen (secondary N) is 1. The van der Waals surface area contributed by atoms with Crippen molar-refractivity contribution in [2.24, 2.45) is 5.10 Å². The van der Waals surface area contributed by atoms with E-state index in [1.165, 1.54) is 11.9 Å². The summed E-state index contributed by atoms with van der Waals surface area (Å²) in [4.78, 5) is 16.9. The van der Waals surface area contributed by atoms with Gasteiger partial charge in [0.25, 0.3) is 0 Å². The molecule has 0 radical (unpaired) electrons. The summed E-state index contributed by atoms with van der Waals surface area (Å²) in [5, 5.41) is 6.97. The number of anilines is 1. The lowest BCUT2D eigenvalue weighted by atomic mass is 9.98. The lowest BCUT2D eigenvalue weighted by Crippen LogP contribution is -2.24. The quantitative estimate of drug-likeness (QED) is 0.563. The number of sulfonamides is 1. The van der Waals surface area contributed by atoms with Crippen LogP contribution in [-0.2, 0) is 14.8 Å². The van der Waals surface area contributed by atoms with Gasteiger partial charge in [0.1, 0.15) is 5.15 Å². The third-order valence-corrected chi connectivity index (χ3v) is 6.29. The Balaban J connectivity index is 1.52. The smallest absolute Gasteiger partial charge is 0.240 e. The van der Waals surface area contributed by atoms with Crippen LogP contribution >= 0.6 is 11.6 Å². The van der Waals surface area contributed by atoms with Gasteiger partial charge in [-0.15, -0.1) is 0 Å². The molecule has 1 N–H and O–H groups in total. The van der Waals surface area contributed by atoms with Gasteiger partial charge < -0.3 is 9.47 Å². The second-order valence-electron chi connectivity index (χ2n) is 7.85. The van der Waals surface area contributed by atoms with Crippen molar-refractivity contribution in [2.45, 2.75) is 19.4 Å². The third kappa shape index (κ3) is 4.19. The van der Waals surface area contributed by atoms with Gasteiger partial charge in [-0.05, 0) is 29.8 Å². The van der Waals surface area contributed by atoms with Crippen molar-refractivity contribution in [1.82, 2.24) is 9.99 Å². The van der Waals surface area contributed by atoms with Crippen molar-refractivity contribution in [2.75, 3.05) is 17.8 Å². The van der Waals surface area contributed by atoms with E-state index in [1.807, 2.05) is 18.2 Å². The Labute approximate surface area is 195 Å². The minimum Gasteiger partial charge on any atom is -0.454 e. The molecular weight excluding hydrogens is 468 g/mol. The highest BCUT2D eigenvalue weighted by Crippen LogP contribution is 2.40. The van der Waals surface area contributed by atoms with Crippen molar-refractivity contribution in [3.8, 4) is 11.5 Å². The molecule has 0 unspecified atom stereocenters. The van der Waals surface area contributed by atoms with Gasteiger partial charge in [0, 0.05) is 36.0 Å². The van der Waals surface area contributed by atoms with Crippen LogP contribution in [-0.4, -0.2) is 43.1 Å². The summed E-state index contributed by atoms with van der Waals surface area (Å²) in [6.45, 7) is 1.58. The number of benzene rings is 2. The predicted molar refractivity (Wildman–Crippen MR) is 124 cm³/mol. The van der Waals surface area contributed by atoms with Gasteiger partial charge in [0.2, 0.25) is 22.7 Å². The number of amides is 1. The lowest BCUT2D eigenvalue weighted by molar-refractivity contribution is -0.130. The molecule has 1 aromatic heterocycles. The summed E-state index contributed by atoms with van der Waals surface area (Å²) in [5.41, 5.74) is 3.06. The molecule has 5 rings (SSSR count). The molecule has 0 saturated carbocycles. The zero-order chi connectivity index (χ0) is 23.3. The van der Waals surface area contributed by atoms with E-state index in [-0.39, 0.29) is 17.9 Å². The molecule has 2 aliphatic rings. The molecule has 33 heavy (non-hydrogen) atoms. The lowest BCUT2D eigenvalue weighted by Gasteiger charge is -2.21. The standard InChI is InChI=1S/C22H19ClN4O5S/c1-12(28)27-19(9-18(25-27)13-4-3-5-15(6-13)26-33(2,29)30)16-7-14-8-20-21(32-11-31-20)10-17(14)24-22(16)23/h3-8,10,19,26H,9,11H2,1-2H3/t19-/m1/s1. The number of carbonyl (C=O) groups is 1. The van der Waals surface area contributed by atoms with Crippen LogP contribution in [0.25, 0.3) is 10.9 Å².